The molecule has 0 saturated heterocycles. The Morgan fingerprint density at radius 2 is 1.93 bits per heavy atom. The van der Waals surface area contributed by atoms with Crippen molar-refractivity contribution in [3.05, 3.63) is 81.2 Å². The zero-order chi connectivity index (χ0) is 21.0. The number of anilines is 1. The number of nitrogens with two attached hydrogens (primary N) is 1. The maximum atomic E-state index is 13.4. The van der Waals surface area contributed by atoms with Gasteiger partial charge in [-0.25, -0.2) is 0 Å². The lowest BCUT2D eigenvalue weighted by Crippen LogP contribution is -2.42. The Balaban J connectivity index is 1.83. The molecule has 0 saturated carbocycles. The Morgan fingerprint density at radius 1 is 1.20 bits per heavy atom. The molecule has 1 amide bonds. The van der Waals surface area contributed by atoms with Gasteiger partial charge in [0.1, 0.15) is 17.1 Å². The minimum absolute atomic E-state index is 0.0537. The van der Waals surface area contributed by atoms with Crippen molar-refractivity contribution in [2.24, 2.45) is 5.73 Å². The van der Waals surface area contributed by atoms with Crippen molar-refractivity contribution >= 4 is 17.3 Å². The molecule has 0 unspecified atom stereocenters. The zero-order valence-electron chi connectivity index (χ0n) is 15.2. The van der Waals surface area contributed by atoms with Crippen LogP contribution in [0.1, 0.15) is 11.1 Å². The van der Waals surface area contributed by atoms with Gasteiger partial charge in [-0.05, 0) is 18.2 Å². The third-order valence-corrected chi connectivity index (χ3v) is 5.33. The Morgan fingerprint density at radius 3 is 2.63 bits per heavy atom. The summed E-state index contributed by atoms with van der Waals surface area (Å²) in [7, 11) is 0. The molecule has 1 atom stereocenters. The quantitative estimate of drug-likeness (QED) is 0.439. The van der Waals surface area contributed by atoms with Gasteiger partial charge in [-0.15, -0.1) is 5.10 Å². The van der Waals surface area contributed by atoms with Crippen LogP contribution in [0.4, 0.5) is 11.4 Å². The lowest BCUT2D eigenvalue weighted by Gasteiger charge is -2.31. The number of para-hydroxylation sites is 1. The zero-order valence-corrected chi connectivity index (χ0v) is 15.2. The highest BCUT2D eigenvalue weighted by Gasteiger charge is 2.58. The fourth-order valence-corrected chi connectivity index (χ4v) is 4.06. The summed E-state index contributed by atoms with van der Waals surface area (Å²) in [6, 6.07) is 14.8. The standard InChI is InChI=1S/C20H12N6O4/c21-9-13-17(22)30-18-15(20(13)12-3-1-2-4-14(12)23-19(20)27)16(24-25-18)10-5-7-11(8-6-10)26(28)29/h1-8H,22H2,(H,23,27)(H,24,25)/t20-/m1/s1. The molecule has 1 spiro atoms. The van der Waals surface area contributed by atoms with Crippen molar-refractivity contribution < 1.29 is 14.5 Å². The molecule has 0 fully saturated rings. The fourth-order valence-electron chi connectivity index (χ4n) is 4.06. The van der Waals surface area contributed by atoms with E-state index in [9.17, 15) is 20.2 Å². The summed E-state index contributed by atoms with van der Waals surface area (Å²) in [6.45, 7) is 0. The normalized spacial score (nSPS) is 19.0. The van der Waals surface area contributed by atoms with Gasteiger partial charge in [-0.3, -0.25) is 20.0 Å². The van der Waals surface area contributed by atoms with E-state index in [4.69, 9.17) is 10.5 Å². The molecule has 2 aliphatic heterocycles. The highest BCUT2D eigenvalue weighted by molar-refractivity contribution is 6.13. The van der Waals surface area contributed by atoms with Crippen molar-refractivity contribution in [2.45, 2.75) is 5.41 Å². The summed E-state index contributed by atoms with van der Waals surface area (Å²) in [6.07, 6.45) is 0. The van der Waals surface area contributed by atoms with E-state index < -0.39 is 16.2 Å². The number of nitro groups is 1. The van der Waals surface area contributed by atoms with E-state index >= 15 is 0 Å². The van der Waals surface area contributed by atoms with Crippen molar-refractivity contribution in [1.29, 1.82) is 5.26 Å². The second-order valence-corrected chi connectivity index (χ2v) is 6.79. The molecule has 10 heteroatoms. The molecule has 0 aliphatic carbocycles. The number of nitro benzene ring substituents is 1. The number of carbonyl (C=O) groups excluding carboxylic acids is 1. The number of nitrogens with zero attached hydrogens (tertiary/aromatic N) is 3. The number of non-ortho nitro benzene ring substituents is 1. The largest absolute Gasteiger partial charge is 0.420 e. The summed E-state index contributed by atoms with van der Waals surface area (Å²) in [5.41, 5.74) is 6.66. The van der Waals surface area contributed by atoms with Gasteiger partial charge in [0.15, 0.2) is 0 Å². The average molecular weight is 400 g/mol. The van der Waals surface area contributed by atoms with Crippen LogP contribution in [-0.2, 0) is 10.2 Å². The lowest BCUT2D eigenvalue weighted by atomic mass is 9.68. The van der Waals surface area contributed by atoms with E-state index in [0.717, 1.165) is 0 Å². The van der Waals surface area contributed by atoms with E-state index in [-0.39, 0.29) is 23.0 Å². The van der Waals surface area contributed by atoms with Gasteiger partial charge < -0.3 is 15.8 Å². The van der Waals surface area contributed by atoms with E-state index in [1.807, 2.05) is 6.07 Å². The molecule has 4 N–H and O–H groups in total. The Kier molecular flexibility index (Phi) is 3.44. The second-order valence-electron chi connectivity index (χ2n) is 6.79. The molecule has 30 heavy (non-hydrogen) atoms. The van der Waals surface area contributed by atoms with Crippen LogP contribution >= 0.6 is 0 Å². The Bertz CT molecular complexity index is 1320. The molecule has 0 bridgehead atoms. The van der Waals surface area contributed by atoms with Crippen LogP contribution in [0.3, 0.4) is 0 Å². The molecule has 0 radical (unpaired) electrons. The van der Waals surface area contributed by atoms with Crippen LogP contribution in [0.25, 0.3) is 11.3 Å². The number of hydrogen-bond donors (Lipinski definition) is 3. The average Bonchev–Trinajstić information content (AvgIpc) is 3.28. The van der Waals surface area contributed by atoms with Gasteiger partial charge in [0, 0.05) is 28.9 Å². The molecular formula is C20H12N6O4. The van der Waals surface area contributed by atoms with Crippen LogP contribution in [0, 0.1) is 21.4 Å². The molecular weight excluding hydrogens is 388 g/mol. The molecule has 3 aromatic rings. The van der Waals surface area contributed by atoms with Crippen LogP contribution in [-0.4, -0.2) is 21.0 Å². The van der Waals surface area contributed by atoms with Gasteiger partial charge in [0.2, 0.25) is 17.7 Å². The number of ether oxygens (including phenoxy) is 1. The summed E-state index contributed by atoms with van der Waals surface area (Å²) in [4.78, 5) is 23.9. The van der Waals surface area contributed by atoms with E-state index in [0.29, 0.717) is 28.1 Å². The smallest absolute Gasteiger partial charge is 0.269 e. The molecule has 2 aromatic carbocycles. The van der Waals surface area contributed by atoms with Gasteiger partial charge in [-0.1, -0.05) is 18.2 Å². The van der Waals surface area contributed by atoms with Gasteiger partial charge in [0.05, 0.1) is 16.2 Å². The number of nitriles is 1. The highest BCUT2D eigenvalue weighted by atomic mass is 16.6. The van der Waals surface area contributed by atoms with Gasteiger partial charge >= 0.3 is 0 Å². The number of fused-ring (bicyclic) bond motifs is 4. The topological polar surface area (TPSA) is 160 Å². The fraction of sp³-hybridized carbons (Fsp3) is 0.0500. The monoisotopic (exact) mass is 400 g/mol. The number of hydrogen-bond acceptors (Lipinski definition) is 7. The third kappa shape index (κ3) is 2.05. The van der Waals surface area contributed by atoms with Gasteiger partial charge in [0.25, 0.3) is 5.69 Å². The number of benzene rings is 2. The Hall–Kier alpha value is -4.65. The van der Waals surface area contributed by atoms with Crippen molar-refractivity contribution in [3.8, 4) is 23.2 Å². The van der Waals surface area contributed by atoms with Gasteiger partial charge in [-0.2, -0.15) is 5.26 Å². The first-order valence-electron chi connectivity index (χ1n) is 8.81. The van der Waals surface area contributed by atoms with Crippen molar-refractivity contribution in [3.63, 3.8) is 0 Å². The predicted octanol–water partition coefficient (Wildman–Crippen LogP) is 2.31. The van der Waals surface area contributed by atoms with Crippen LogP contribution in [0.5, 0.6) is 5.88 Å². The molecule has 146 valence electrons. The summed E-state index contributed by atoms with van der Waals surface area (Å²) >= 11 is 0. The highest BCUT2D eigenvalue weighted by Crippen LogP contribution is 2.55. The van der Waals surface area contributed by atoms with E-state index in [2.05, 4.69) is 15.5 Å². The number of rotatable bonds is 2. The summed E-state index contributed by atoms with van der Waals surface area (Å²) in [5, 5.41) is 30.7. The molecule has 10 nitrogen and oxygen atoms in total. The van der Waals surface area contributed by atoms with Crippen LogP contribution < -0.4 is 15.8 Å². The summed E-state index contributed by atoms with van der Waals surface area (Å²) < 4.78 is 5.55. The maximum Gasteiger partial charge on any atom is 0.269 e. The molecule has 2 aliphatic rings. The Labute approximate surface area is 168 Å². The maximum absolute atomic E-state index is 13.4. The van der Waals surface area contributed by atoms with Crippen LogP contribution in [0.15, 0.2) is 60.0 Å². The van der Waals surface area contributed by atoms with E-state index in [1.54, 1.807) is 24.3 Å². The lowest BCUT2D eigenvalue weighted by molar-refractivity contribution is -0.384. The minimum atomic E-state index is -1.56. The number of H-pyrrole nitrogens is 1. The van der Waals surface area contributed by atoms with Crippen LogP contribution in [0.2, 0.25) is 0 Å². The SMILES string of the molecule is N#CC1=C(N)Oc2n[nH]c(-c3ccc([N+](=O)[O-])cc3)c2[C@]12C(=O)Nc1ccccc12. The van der Waals surface area contributed by atoms with Crippen molar-refractivity contribution in [1.82, 2.24) is 10.2 Å². The van der Waals surface area contributed by atoms with Crippen molar-refractivity contribution in [2.75, 3.05) is 5.32 Å². The molecule has 3 heterocycles. The third-order valence-electron chi connectivity index (χ3n) is 5.33. The molecule has 1 aromatic heterocycles. The first-order chi connectivity index (χ1) is 14.5. The predicted molar refractivity (Wildman–Crippen MR) is 104 cm³/mol. The second kappa shape index (κ2) is 5.92. The number of amides is 1. The number of nitrogens with one attached hydrogen (secondary N) is 2. The first kappa shape index (κ1) is 17.4. The first-order valence-corrected chi connectivity index (χ1v) is 8.81. The molecule has 5 rings (SSSR count). The van der Waals surface area contributed by atoms with E-state index in [1.165, 1.54) is 24.3 Å². The summed E-state index contributed by atoms with van der Waals surface area (Å²) in [5.74, 6) is -0.609. The number of aromatic amines is 1. The minimum Gasteiger partial charge on any atom is -0.420 e. The number of carbonyl (C=O) groups is 1. The number of aromatic nitrogens is 2.